The summed E-state index contributed by atoms with van der Waals surface area (Å²) in [7, 11) is -4.37. The van der Waals surface area contributed by atoms with Gasteiger partial charge in [-0.15, -0.1) is 0 Å². The topological polar surface area (TPSA) is 83.5 Å². The first kappa shape index (κ1) is 14.9. The first-order valence-corrected chi connectivity index (χ1v) is 7.10. The molecular weight excluding hydrogens is 304 g/mol. The number of anilines is 1. The van der Waals surface area contributed by atoms with Crippen LogP contribution in [0.2, 0.25) is 0 Å². The second-order valence-corrected chi connectivity index (χ2v) is 5.69. The molecule has 2 aromatic rings. The molecule has 0 saturated heterocycles. The zero-order valence-corrected chi connectivity index (χ0v) is 11.2. The normalized spacial score (nSPS) is 11.1. The largest absolute Gasteiger partial charge is 0.478 e. The lowest BCUT2D eigenvalue weighted by Gasteiger charge is -2.09. The molecule has 2 aromatic carbocycles. The number of hydrogen-bond acceptors (Lipinski definition) is 3. The fourth-order valence-corrected chi connectivity index (χ4v) is 2.76. The molecule has 0 bridgehead atoms. The Morgan fingerprint density at radius 2 is 1.76 bits per heavy atom. The highest BCUT2D eigenvalue weighted by atomic mass is 32.2. The molecule has 0 aliphatic carbocycles. The van der Waals surface area contributed by atoms with Gasteiger partial charge in [-0.3, -0.25) is 4.72 Å². The summed E-state index contributed by atoms with van der Waals surface area (Å²) >= 11 is 0. The van der Waals surface area contributed by atoms with Crippen molar-refractivity contribution in [2.24, 2.45) is 0 Å². The summed E-state index contributed by atoms with van der Waals surface area (Å²) in [6, 6.07) is 7.70. The van der Waals surface area contributed by atoms with E-state index in [9.17, 15) is 22.0 Å². The van der Waals surface area contributed by atoms with Crippen molar-refractivity contribution in [2.75, 3.05) is 4.72 Å². The van der Waals surface area contributed by atoms with Crippen molar-refractivity contribution in [2.45, 2.75) is 4.90 Å². The summed E-state index contributed by atoms with van der Waals surface area (Å²) < 4.78 is 52.6. The molecule has 21 heavy (non-hydrogen) atoms. The predicted octanol–water partition coefficient (Wildman–Crippen LogP) is 2.46. The van der Waals surface area contributed by atoms with Gasteiger partial charge in [-0.05, 0) is 30.3 Å². The number of nitrogens with one attached hydrogen (secondary N) is 1. The Bertz CT molecular complexity index is 806. The number of carboxylic acid groups (broad SMARTS) is 1. The number of aromatic carboxylic acids is 1. The summed E-state index contributed by atoms with van der Waals surface area (Å²) in [5, 5.41) is 8.82. The molecule has 8 heteroatoms. The van der Waals surface area contributed by atoms with Gasteiger partial charge in [0.1, 0.15) is 4.90 Å². The van der Waals surface area contributed by atoms with Crippen molar-refractivity contribution in [3.63, 3.8) is 0 Å². The molecule has 5 nitrogen and oxygen atoms in total. The van der Waals surface area contributed by atoms with Gasteiger partial charge in [-0.1, -0.05) is 12.1 Å². The van der Waals surface area contributed by atoms with Crippen molar-refractivity contribution in [3.8, 4) is 0 Å². The third-order valence-electron chi connectivity index (χ3n) is 2.57. The van der Waals surface area contributed by atoms with Gasteiger partial charge in [0.2, 0.25) is 0 Å². The number of hydrogen-bond donors (Lipinski definition) is 2. The van der Waals surface area contributed by atoms with Crippen molar-refractivity contribution < 1.29 is 27.1 Å². The van der Waals surface area contributed by atoms with E-state index in [-0.39, 0.29) is 11.3 Å². The second kappa shape index (κ2) is 5.49. The molecule has 0 aliphatic heterocycles. The van der Waals surface area contributed by atoms with Crippen LogP contribution in [-0.2, 0) is 10.0 Å². The number of halogens is 2. The number of benzene rings is 2. The minimum absolute atomic E-state index is 0.0708. The molecular formula is C13H9F2NO4S. The highest BCUT2D eigenvalue weighted by Crippen LogP contribution is 2.21. The van der Waals surface area contributed by atoms with E-state index >= 15 is 0 Å². The lowest BCUT2D eigenvalue weighted by Crippen LogP contribution is -2.15. The average Bonchev–Trinajstić information content (AvgIpc) is 2.41. The van der Waals surface area contributed by atoms with Crippen molar-refractivity contribution >= 4 is 21.7 Å². The molecule has 0 spiro atoms. The molecule has 0 saturated carbocycles. The molecule has 2 rings (SSSR count). The van der Waals surface area contributed by atoms with Gasteiger partial charge >= 0.3 is 5.97 Å². The van der Waals surface area contributed by atoms with Crippen molar-refractivity contribution in [1.82, 2.24) is 0 Å². The van der Waals surface area contributed by atoms with E-state index in [1.807, 2.05) is 4.72 Å². The van der Waals surface area contributed by atoms with Crippen LogP contribution >= 0.6 is 0 Å². The first-order valence-electron chi connectivity index (χ1n) is 5.61. The molecule has 0 unspecified atom stereocenters. The first-order chi connectivity index (χ1) is 9.81. The second-order valence-electron chi connectivity index (χ2n) is 4.04. The molecule has 2 N–H and O–H groups in total. The van der Waals surface area contributed by atoms with Crippen molar-refractivity contribution in [1.29, 1.82) is 0 Å². The SMILES string of the molecule is O=C(O)c1cccc(NS(=O)(=O)c2cccc(F)c2F)c1. The highest BCUT2D eigenvalue weighted by molar-refractivity contribution is 7.92. The number of carboxylic acids is 1. The fourth-order valence-electron chi connectivity index (χ4n) is 1.62. The van der Waals surface area contributed by atoms with E-state index in [2.05, 4.69) is 0 Å². The Morgan fingerprint density at radius 1 is 1.10 bits per heavy atom. The monoisotopic (exact) mass is 313 g/mol. The molecule has 0 heterocycles. The summed E-state index contributed by atoms with van der Waals surface area (Å²) in [6.45, 7) is 0. The van der Waals surface area contributed by atoms with Crippen LogP contribution in [0, 0.1) is 11.6 Å². The third kappa shape index (κ3) is 3.16. The summed E-state index contributed by atoms with van der Waals surface area (Å²) in [4.78, 5) is 9.94. The average molecular weight is 313 g/mol. The van der Waals surface area contributed by atoms with E-state index in [1.165, 1.54) is 18.2 Å². The Hall–Kier alpha value is -2.48. The molecule has 110 valence electrons. The maximum Gasteiger partial charge on any atom is 0.335 e. The summed E-state index contributed by atoms with van der Waals surface area (Å²) in [5.74, 6) is -4.04. The lowest BCUT2D eigenvalue weighted by molar-refractivity contribution is 0.0697. The molecule has 0 radical (unpaired) electrons. The van der Waals surface area contributed by atoms with Crippen LogP contribution in [0.15, 0.2) is 47.4 Å². The van der Waals surface area contributed by atoms with Gasteiger partial charge in [-0.25, -0.2) is 22.0 Å². The van der Waals surface area contributed by atoms with Crippen LogP contribution in [0.1, 0.15) is 10.4 Å². The minimum Gasteiger partial charge on any atom is -0.478 e. The smallest absolute Gasteiger partial charge is 0.335 e. The van der Waals surface area contributed by atoms with Crippen LogP contribution in [0.25, 0.3) is 0 Å². The van der Waals surface area contributed by atoms with Gasteiger partial charge in [-0.2, -0.15) is 0 Å². The Kier molecular flexibility index (Phi) is 3.90. The van der Waals surface area contributed by atoms with Crippen molar-refractivity contribution in [3.05, 3.63) is 59.7 Å². The zero-order valence-electron chi connectivity index (χ0n) is 10.4. The quantitative estimate of drug-likeness (QED) is 0.908. The fraction of sp³-hybridized carbons (Fsp3) is 0. The molecule has 0 amide bonds. The van der Waals surface area contributed by atoms with E-state index < -0.39 is 32.5 Å². The minimum atomic E-state index is -4.37. The number of carbonyl (C=O) groups is 1. The summed E-state index contributed by atoms with van der Waals surface area (Å²) in [6.07, 6.45) is 0. The number of rotatable bonds is 4. The van der Waals surface area contributed by atoms with Crippen LogP contribution in [-0.4, -0.2) is 19.5 Å². The Labute approximate surface area is 118 Å². The van der Waals surface area contributed by atoms with Crippen LogP contribution < -0.4 is 4.72 Å². The van der Waals surface area contributed by atoms with Gasteiger partial charge in [0.05, 0.1) is 5.56 Å². The van der Waals surface area contributed by atoms with E-state index in [4.69, 9.17) is 5.11 Å². The van der Waals surface area contributed by atoms with Crippen LogP contribution in [0.4, 0.5) is 14.5 Å². The van der Waals surface area contributed by atoms with Gasteiger partial charge in [0, 0.05) is 5.69 Å². The number of sulfonamides is 1. The Morgan fingerprint density at radius 3 is 2.43 bits per heavy atom. The Balaban J connectivity index is 2.40. The van der Waals surface area contributed by atoms with Crippen LogP contribution in [0.5, 0.6) is 0 Å². The highest BCUT2D eigenvalue weighted by Gasteiger charge is 2.21. The molecule has 0 atom stereocenters. The summed E-state index contributed by atoms with van der Waals surface area (Å²) in [5.41, 5.74) is -0.214. The maximum absolute atomic E-state index is 13.5. The van der Waals surface area contributed by atoms with Gasteiger partial charge in [0.25, 0.3) is 10.0 Å². The van der Waals surface area contributed by atoms with E-state index in [0.29, 0.717) is 0 Å². The standard InChI is InChI=1S/C13H9F2NO4S/c14-10-5-2-6-11(12(10)15)21(19,20)16-9-4-1-3-8(7-9)13(17)18/h1-7,16H,(H,17,18). The van der Waals surface area contributed by atoms with E-state index in [1.54, 1.807) is 0 Å². The predicted molar refractivity (Wildman–Crippen MR) is 70.6 cm³/mol. The van der Waals surface area contributed by atoms with Gasteiger partial charge < -0.3 is 5.11 Å². The zero-order chi connectivity index (χ0) is 15.6. The molecule has 0 aliphatic rings. The third-order valence-corrected chi connectivity index (χ3v) is 3.97. The lowest BCUT2D eigenvalue weighted by atomic mass is 10.2. The molecule has 0 aromatic heterocycles. The van der Waals surface area contributed by atoms with Gasteiger partial charge in [0.15, 0.2) is 11.6 Å². The molecule has 0 fully saturated rings. The van der Waals surface area contributed by atoms with E-state index in [0.717, 1.165) is 24.3 Å². The van der Waals surface area contributed by atoms with Crippen LogP contribution in [0.3, 0.4) is 0 Å². The maximum atomic E-state index is 13.5.